The Morgan fingerprint density at radius 2 is 1.45 bits per heavy atom. The summed E-state index contributed by atoms with van der Waals surface area (Å²) in [5, 5.41) is 2.69. The molecule has 3 aromatic carbocycles. The van der Waals surface area contributed by atoms with Crippen molar-refractivity contribution in [3.8, 4) is 0 Å². The van der Waals surface area contributed by atoms with E-state index in [0.29, 0.717) is 10.6 Å². The molecule has 0 aliphatic rings. The number of carbonyl (C=O) groups is 1. The first kappa shape index (κ1) is 13.1. The molecule has 0 aliphatic carbocycles. The van der Waals surface area contributed by atoms with Crippen LogP contribution in [0, 0.1) is 0 Å². The molecular weight excluding hydrogens is 294 g/mol. The second-order valence-electron chi connectivity index (χ2n) is 5.19. The molecule has 0 saturated heterocycles. The number of fused-ring (bicyclic) bond motifs is 3. The van der Waals surface area contributed by atoms with Gasteiger partial charge in [0.15, 0.2) is 0 Å². The van der Waals surface area contributed by atoms with Crippen LogP contribution in [-0.2, 0) is 0 Å². The molecule has 3 heteroatoms. The van der Waals surface area contributed by atoms with Gasteiger partial charge in [0.25, 0.3) is 5.91 Å². The monoisotopic (exact) mass is 305 g/mol. The van der Waals surface area contributed by atoms with Gasteiger partial charge >= 0.3 is 0 Å². The Labute approximate surface area is 132 Å². The van der Waals surface area contributed by atoms with Gasteiger partial charge in [0, 0.05) is 21.4 Å². The van der Waals surface area contributed by atoms with Crippen LogP contribution in [0.15, 0.2) is 72.8 Å². The summed E-state index contributed by atoms with van der Waals surface area (Å²) in [4.78, 5) is 13.0. The third-order valence-electron chi connectivity index (χ3n) is 3.86. The lowest BCUT2D eigenvalue weighted by atomic mass is 10.2. The number of para-hydroxylation sites is 1. The summed E-state index contributed by atoms with van der Waals surface area (Å²) in [6.45, 7) is 0. The molecule has 106 valence electrons. The molecular formula is C19H12ClNO. The van der Waals surface area contributed by atoms with Gasteiger partial charge in [-0.3, -0.25) is 9.36 Å². The van der Waals surface area contributed by atoms with Crippen molar-refractivity contribution in [1.29, 1.82) is 0 Å². The van der Waals surface area contributed by atoms with E-state index in [1.54, 1.807) is 4.57 Å². The van der Waals surface area contributed by atoms with Crippen molar-refractivity contribution in [3.05, 3.63) is 83.4 Å². The van der Waals surface area contributed by atoms with Gasteiger partial charge in [0.1, 0.15) is 0 Å². The maximum absolute atomic E-state index is 13.0. The number of rotatable bonds is 1. The third kappa shape index (κ3) is 1.92. The fourth-order valence-corrected chi connectivity index (χ4v) is 3.05. The zero-order valence-corrected chi connectivity index (χ0v) is 12.4. The molecule has 0 radical (unpaired) electrons. The molecule has 4 aromatic rings. The average molecular weight is 306 g/mol. The van der Waals surface area contributed by atoms with E-state index in [2.05, 4.69) is 0 Å². The number of carbonyl (C=O) groups excluding carboxylic acids is 1. The van der Waals surface area contributed by atoms with Crippen LogP contribution in [0.2, 0.25) is 5.02 Å². The highest BCUT2D eigenvalue weighted by molar-refractivity contribution is 6.32. The van der Waals surface area contributed by atoms with Gasteiger partial charge in [0.2, 0.25) is 0 Å². The van der Waals surface area contributed by atoms with Crippen LogP contribution in [0.4, 0.5) is 0 Å². The lowest BCUT2D eigenvalue weighted by molar-refractivity contribution is 0.0969. The fourth-order valence-electron chi connectivity index (χ4n) is 2.87. The Bertz CT molecular complexity index is 1000. The summed E-state index contributed by atoms with van der Waals surface area (Å²) in [5.41, 5.74) is 2.44. The van der Waals surface area contributed by atoms with E-state index in [0.717, 1.165) is 21.8 Å². The van der Waals surface area contributed by atoms with Crippen LogP contribution in [-0.4, -0.2) is 10.5 Å². The molecule has 0 N–H and O–H groups in total. The minimum absolute atomic E-state index is 0.0332. The minimum Gasteiger partial charge on any atom is -0.276 e. The Morgan fingerprint density at radius 3 is 2.27 bits per heavy atom. The molecule has 1 aromatic heterocycles. The van der Waals surface area contributed by atoms with Crippen LogP contribution in [0.3, 0.4) is 0 Å². The highest BCUT2D eigenvalue weighted by Crippen LogP contribution is 2.31. The summed E-state index contributed by atoms with van der Waals surface area (Å²) in [7, 11) is 0. The van der Waals surface area contributed by atoms with Gasteiger partial charge in [0.05, 0.1) is 11.0 Å². The predicted molar refractivity (Wildman–Crippen MR) is 90.6 cm³/mol. The van der Waals surface area contributed by atoms with Gasteiger partial charge < -0.3 is 0 Å². The van der Waals surface area contributed by atoms with E-state index in [1.165, 1.54) is 0 Å². The van der Waals surface area contributed by atoms with Gasteiger partial charge in [-0.25, -0.2) is 0 Å². The normalized spacial score (nSPS) is 11.1. The Morgan fingerprint density at radius 1 is 0.773 bits per heavy atom. The molecule has 0 fully saturated rings. The third-order valence-corrected chi connectivity index (χ3v) is 4.09. The number of hydrogen-bond donors (Lipinski definition) is 0. The molecule has 0 spiro atoms. The van der Waals surface area contributed by atoms with E-state index in [4.69, 9.17) is 11.6 Å². The SMILES string of the molecule is O=C(c1ccccc1)n1c2ccccc2c2cc(Cl)ccc21. The first-order valence-electron chi connectivity index (χ1n) is 7.04. The highest BCUT2D eigenvalue weighted by atomic mass is 35.5. The summed E-state index contributed by atoms with van der Waals surface area (Å²) >= 11 is 6.13. The lowest BCUT2D eigenvalue weighted by Crippen LogP contribution is -2.11. The zero-order valence-electron chi connectivity index (χ0n) is 11.7. The minimum atomic E-state index is -0.0332. The molecule has 0 atom stereocenters. The van der Waals surface area contributed by atoms with Crippen molar-refractivity contribution in [1.82, 2.24) is 4.57 Å². The molecule has 22 heavy (non-hydrogen) atoms. The first-order chi connectivity index (χ1) is 10.8. The summed E-state index contributed by atoms with van der Waals surface area (Å²) < 4.78 is 1.76. The smallest absolute Gasteiger partial charge is 0.262 e. The first-order valence-corrected chi connectivity index (χ1v) is 7.42. The quantitative estimate of drug-likeness (QED) is 0.477. The number of halogens is 1. The van der Waals surface area contributed by atoms with E-state index in [-0.39, 0.29) is 5.91 Å². The van der Waals surface area contributed by atoms with E-state index >= 15 is 0 Å². The van der Waals surface area contributed by atoms with Gasteiger partial charge in [-0.15, -0.1) is 0 Å². The topological polar surface area (TPSA) is 22.0 Å². The number of aromatic nitrogens is 1. The van der Waals surface area contributed by atoms with Gasteiger partial charge in [-0.05, 0) is 36.4 Å². The van der Waals surface area contributed by atoms with E-state index in [1.807, 2.05) is 72.8 Å². The molecule has 4 rings (SSSR count). The summed E-state index contributed by atoms with van der Waals surface area (Å²) in [6.07, 6.45) is 0. The molecule has 0 aliphatic heterocycles. The molecule has 0 unspecified atom stereocenters. The van der Waals surface area contributed by atoms with Crippen LogP contribution in [0.5, 0.6) is 0 Å². The van der Waals surface area contributed by atoms with E-state index < -0.39 is 0 Å². The van der Waals surface area contributed by atoms with Crippen LogP contribution in [0.1, 0.15) is 10.4 Å². The van der Waals surface area contributed by atoms with Crippen molar-refractivity contribution in [3.63, 3.8) is 0 Å². The Kier molecular flexibility index (Phi) is 2.98. The Hall–Kier alpha value is -2.58. The van der Waals surface area contributed by atoms with Crippen molar-refractivity contribution < 1.29 is 4.79 Å². The predicted octanol–water partition coefficient (Wildman–Crippen LogP) is 5.14. The van der Waals surface area contributed by atoms with Crippen molar-refractivity contribution in [2.24, 2.45) is 0 Å². The maximum Gasteiger partial charge on any atom is 0.262 e. The number of nitrogens with zero attached hydrogens (tertiary/aromatic N) is 1. The van der Waals surface area contributed by atoms with Crippen LogP contribution in [0.25, 0.3) is 21.8 Å². The second kappa shape index (κ2) is 5.00. The Balaban J connectivity index is 2.09. The van der Waals surface area contributed by atoms with Crippen LogP contribution >= 0.6 is 11.6 Å². The maximum atomic E-state index is 13.0. The average Bonchev–Trinajstić information content (AvgIpc) is 2.89. The zero-order chi connectivity index (χ0) is 15.1. The summed E-state index contributed by atoms with van der Waals surface area (Å²) in [5.74, 6) is -0.0332. The van der Waals surface area contributed by atoms with Crippen molar-refractivity contribution in [2.75, 3.05) is 0 Å². The molecule has 0 saturated carbocycles. The molecule has 2 nitrogen and oxygen atoms in total. The molecule has 1 heterocycles. The molecule has 0 bridgehead atoms. The second-order valence-corrected chi connectivity index (χ2v) is 5.62. The number of benzene rings is 3. The fraction of sp³-hybridized carbons (Fsp3) is 0. The van der Waals surface area contributed by atoms with Crippen molar-refractivity contribution >= 4 is 39.3 Å². The van der Waals surface area contributed by atoms with Crippen molar-refractivity contribution in [2.45, 2.75) is 0 Å². The van der Waals surface area contributed by atoms with Crippen LogP contribution < -0.4 is 0 Å². The largest absolute Gasteiger partial charge is 0.276 e. The molecule has 0 amide bonds. The lowest BCUT2D eigenvalue weighted by Gasteiger charge is -2.06. The number of hydrogen-bond acceptors (Lipinski definition) is 1. The van der Waals surface area contributed by atoms with E-state index in [9.17, 15) is 4.79 Å². The highest BCUT2D eigenvalue weighted by Gasteiger charge is 2.17. The van der Waals surface area contributed by atoms with Gasteiger partial charge in [-0.1, -0.05) is 48.0 Å². The standard InChI is InChI=1S/C19H12ClNO/c20-14-10-11-18-16(12-14)15-8-4-5-9-17(15)21(18)19(22)13-6-2-1-3-7-13/h1-12H. The summed E-state index contributed by atoms with van der Waals surface area (Å²) in [6, 6.07) is 22.8. The van der Waals surface area contributed by atoms with Gasteiger partial charge in [-0.2, -0.15) is 0 Å².